The first-order valence-electron chi connectivity index (χ1n) is 6.28. The maximum absolute atomic E-state index is 11.4. The van der Waals surface area contributed by atoms with Crippen LogP contribution < -0.4 is 0 Å². The number of nitro groups is 1. The Morgan fingerprint density at radius 2 is 1.64 bits per heavy atom. The minimum absolute atomic E-state index is 0.436. The monoisotopic (exact) mass is 297 g/mol. The van der Waals surface area contributed by atoms with E-state index in [4.69, 9.17) is 5.11 Å². The number of carbonyl (C=O) groups excluding carboxylic acids is 1. The molecule has 0 atom stereocenters. The van der Waals surface area contributed by atoms with Gasteiger partial charge in [-0.15, -0.1) is 0 Å². The van der Waals surface area contributed by atoms with E-state index >= 15 is 0 Å². The van der Waals surface area contributed by atoms with E-state index in [9.17, 15) is 19.7 Å². The zero-order valence-corrected chi connectivity index (χ0v) is 11.3. The van der Waals surface area contributed by atoms with Gasteiger partial charge in [-0.1, -0.05) is 48.6 Å². The van der Waals surface area contributed by atoms with Crippen LogP contribution in [0.5, 0.6) is 0 Å². The maximum Gasteiger partial charge on any atom is 0.377 e. The fourth-order valence-corrected chi connectivity index (χ4v) is 1.87. The number of hydrogen-bond acceptors (Lipinski definition) is 4. The molecule has 0 saturated heterocycles. The van der Waals surface area contributed by atoms with Crippen LogP contribution in [0.1, 0.15) is 21.5 Å². The molecule has 6 heteroatoms. The Morgan fingerprint density at radius 1 is 1.00 bits per heavy atom. The third-order valence-corrected chi connectivity index (χ3v) is 2.93. The summed E-state index contributed by atoms with van der Waals surface area (Å²) in [5.74, 6) is -3.03. The molecular formula is C16H11NO5. The second-order valence-corrected chi connectivity index (χ2v) is 4.41. The van der Waals surface area contributed by atoms with Gasteiger partial charge in [0, 0.05) is 6.07 Å². The van der Waals surface area contributed by atoms with Crippen molar-refractivity contribution in [3.63, 3.8) is 0 Å². The highest BCUT2D eigenvalue weighted by Crippen LogP contribution is 2.22. The predicted molar refractivity (Wildman–Crippen MR) is 80.4 cm³/mol. The van der Waals surface area contributed by atoms with Gasteiger partial charge in [0.05, 0.1) is 4.92 Å². The highest BCUT2D eigenvalue weighted by atomic mass is 16.6. The van der Waals surface area contributed by atoms with E-state index in [1.807, 2.05) is 30.3 Å². The Kier molecular flexibility index (Phi) is 4.43. The summed E-state index contributed by atoms with van der Waals surface area (Å²) in [5.41, 5.74) is 0.449. The molecular weight excluding hydrogens is 286 g/mol. The minimum Gasteiger partial charge on any atom is -0.475 e. The van der Waals surface area contributed by atoms with Crippen LogP contribution in [0, 0.1) is 10.1 Å². The van der Waals surface area contributed by atoms with Crippen LogP contribution in [-0.2, 0) is 4.79 Å². The average Bonchev–Trinajstić information content (AvgIpc) is 2.52. The van der Waals surface area contributed by atoms with Crippen molar-refractivity contribution in [3.05, 3.63) is 75.3 Å². The Morgan fingerprint density at radius 3 is 2.23 bits per heavy atom. The van der Waals surface area contributed by atoms with Gasteiger partial charge in [0.25, 0.3) is 11.5 Å². The molecule has 110 valence electrons. The lowest BCUT2D eigenvalue weighted by Crippen LogP contribution is -2.14. The topological polar surface area (TPSA) is 97.5 Å². The molecule has 2 aromatic rings. The van der Waals surface area contributed by atoms with Crippen LogP contribution in [-0.4, -0.2) is 21.8 Å². The Bertz CT molecular complexity index is 765. The van der Waals surface area contributed by atoms with Gasteiger partial charge in [0.2, 0.25) is 0 Å². The number of ketones is 1. The maximum atomic E-state index is 11.4. The van der Waals surface area contributed by atoms with Crippen LogP contribution in [0.2, 0.25) is 0 Å². The summed E-state index contributed by atoms with van der Waals surface area (Å²) in [4.78, 5) is 32.4. The number of carboxylic acid groups (broad SMARTS) is 1. The summed E-state index contributed by atoms with van der Waals surface area (Å²) in [6.45, 7) is 0. The first-order valence-corrected chi connectivity index (χ1v) is 6.28. The minimum atomic E-state index is -1.73. The highest BCUT2D eigenvalue weighted by molar-refractivity contribution is 6.40. The second kappa shape index (κ2) is 6.45. The summed E-state index contributed by atoms with van der Waals surface area (Å²) in [5, 5.41) is 19.7. The predicted octanol–water partition coefficient (Wildman–Crippen LogP) is 3.03. The molecule has 0 aliphatic heterocycles. The van der Waals surface area contributed by atoms with Gasteiger partial charge in [0.15, 0.2) is 0 Å². The smallest absolute Gasteiger partial charge is 0.377 e. The van der Waals surface area contributed by atoms with E-state index in [1.54, 1.807) is 12.2 Å². The van der Waals surface area contributed by atoms with Crippen molar-refractivity contribution in [2.24, 2.45) is 0 Å². The quantitative estimate of drug-likeness (QED) is 0.301. The Labute approximate surface area is 125 Å². The lowest BCUT2D eigenvalue weighted by Gasteiger charge is -2.01. The largest absolute Gasteiger partial charge is 0.475 e. The molecule has 0 aliphatic rings. The lowest BCUT2D eigenvalue weighted by molar-refractivity contribution is -0.385. The number of carbonyl (C=O) groups is 2. The molecule has 0 spiro atoms. The highest BCUT2D eigenvalue weighted by Gasteiger charge is 2.25. The van der Waals surface area contributed by atoms with E-state index in [2.05, 4.69) is 0 Å². The van der Waals surface area contributed by atoms with E-state index in [1.165, 1.54) is 12.1 Å². The number of hydrogen-bond donors (Lipinski definition) is 1. The van der Waals surface area contributed by atoms with Gasteiger partial charge in [-0.05, 0) is 17.2 Å². The van der Waals surface area contributed by atoms with Crippen molar-refractivity contribution in [2.75, 3.05) is 0 Å². The van der Waals surface area contributed by atoms with Gasteiger partial charge in [0.1, 0.15) is 5.56 Å². The fourth-order valence-electron chi connectivity index (χ4n) is 1.87. The summed E-state index contributed by atoms with van der Waals surface area (Å²) in [7, 11) is 0. The second-order valence-electron chi connectivity index (χ2n) is 4.41. The molecule has 0 bridgehead atoms. The van der Waals surface area contributed by atoms with Crippen molar-refractivity contribution in [1.82, 2.24) is 0 Å². The summed E-state index contributed by atoms with van der Waals surface area (Å²) in [6, 6.07) is 13.1. The Balaban J connectivity index is 2.38. The zero-order chi connectivity index (χ0) is 16.1. The molecule has 0 fully saturated rings. The molecule has 0 saturated carbocycles. The van der Waals surface area contributed by atoms with Crippen LogP contribution >= 0.6 is 0 Å². The van der Waals surface area contributed by atoms with Crippen molar-refractivity contribution in [1.29, 1.82) is 0 Å². The van der Waals surface area contributed by atoms with Crippen LogP contribution in [0.15, 0.2) is 48.5 Å². The summed E-state index contributed by atoms with van der Waals surface area (Å²) in [6.07, 6.45) is 3.41. The van der Waals surface area contributed by atoms with Gasteiger partial charge in [-0.3, -0.25) is 14.9 Å². The molecule has 0 amide bonds. The van der Waals surface area contributed by atoms with Crippen LogP contribution in [0.4, 0.5) is 5.69 Å². The molecule has 0 aromatic heterocycles. The number of nitrogens with zero attached hydrogens (tertiary/aromatic N) is 1. The third kappa shape index (κ3) is 3.43. The van der Waals surface area contributed by atoms with Gasteiger partial charge in [-0.2, -0.15) is 0 Å². The number of rotatable bonds is 5. The molecule has 0 heterocycles. The SMILES string of the molecule is O=C(O)C(=O)c1ccc(/C=C/c2ccccc2)cc1[N+](=O)[O-]. The lowest BCUT2D eigenvalue weighted by atomic mass is 10.0. The van der Waals surface area contributed by atoms with Gasteiger partial charge >= 0.3 is 5.97 Å². The molecule has 2 aromatic carbocycles. The fraction of sp³-hybridized carbons (Fsp3) is 0. The number of aliphatic carboxylic acids is 1. The average molecular weight is 297 g/mol. The van der Waals surface area contributed by atoms with Gasteiger partial charge in [-0.25, -0.2) is 4.79 Å². The first-order chi connectivity index (χ1) is 10.5. The standard InChI is InChI=1S/C16H11NO5/c18-15(16(19)20)13-9-8-12(10-14(13)17(21)22)7-6-11-4-2-1-3-5-11/h1-10H,(H,19,20)/b7-6+. The van der Waals surface area contributed by atoms with E-state index in [-0.39, 0.29) is 0 Å². The number of nitro benzene ring substituents is 1. The first kappa shape index (κ1) is 15.1. The van der Waals surface area contributed by atoms with Crippen molar-refractivity contribution in [2.45, 2.75) is 0 Å². The number of benzene rings is 2. The van der Waals surface area contributed by atoms with E-state index in [0.717, 1.165) is 11.6 Å². The molecule has 0 aliphatic carbocycles. The van der Waals surface area contributed by atoms with Crippen LogP contribution in [0.25, 0.3) is 12.2 Å². The number of Topliss-reactive ketones (excluding diaryl/α,β-unsaturated/α-hetero) is 1. The molecule has 22 heavy (non-hydrogen) atoms. The van der Waals surface area contributed by atoms with E-state index < -0.39 is 27.9 Å². The van der Waals surface area contributed by atoms with Gasteiger partial charge < -0.3 is 5.11 Å². The molecule has 6 nitrogen and oxygen atoms in total. The van der Waals surface area contributed by atoms with E-state index in [0.29, 0.717) is 5.56 Å². The molecule has 0 unspecified atom stereocenters. The van der Waals surface area contributed by atoms with Crippen molar-refractivity contribution >= 4 is 29.6 Å². The van der Waals surface area contributed by atoms with Crippen molar-refractivity contribution in [3.8, 4) is 0 Å². The number of carboxylic acids is 1. The van der Waals surface area contributed by atoms with Crippen LogP contribution in [0.3, 0.4) is 0 Å². The Hall–Kier alpha value is -3.28. The zero-order valence-electron chi connectivity index (χ0n) is 11.3. The molecule has 1 N–H and O–H groups in total. The molecule has 0 radical (unpaired) electrons. The van der Waals surface area contributed by atoms with Crippen molar-refractivity contribution < 1.29 is 19.6 Å². The summed E-state index contributed by atoms with van der Waals surface area (Å²) < 4.78 is 0. The third-order valence-electron chi connectivity index (χ3n) is 2.93. The normalized spacial score (nSPS) is 10.5. The molecule has 2 rings (SSSR count). The summed E-state index contributed by atoms with van der Waals surface area (Å²) >= 11 is 0.